The number of halogens is 6. The van der Waals surface area contributed by atoms with E-state index in [0.717, 1.165) is 0 Å². The predicted molar refractivity (Wildman–Crippen MR) is 81.0 cm³/mol. The Labute approximate surface area is 128 Å². The minimum atomic E-state index is 0. The molecule has 0 amide bonds. The molecule has 49 valence electrons. The smallest absolute Gasteiger partial charge is 0.124 e. The molecule has 0 saturated carbocycles. The molecule has 9 heavy (non-hydrogen) atoms. The van der Waals surface area contributed by atoms with Gasteiger partial charge in [0.2, 0.25) is 0 Å². The molecule has 9 heteroatoms. The number of hydrogen-bond acceptors (Lipinski definition) is 0. The van der Waals surface area contributed by atoms with Crippen LogP contribution in [0.25, 0.3) is 0 Å². The maximum atomic E-state index is 3.17. The fourth-order valence-electron chi connectivity index (χ4n) is 0. The molecule has 0 aliphatic carbocycles. The van der Waals surface area contributed by atoms with Gasteiger partial charge in [-0.25, -0.2) is 0 Å². The van der Waals surface area contributed by atoms with E-state index in [1.54, 1.807) is 0 Å². The molecule has 0 aromatic heterocycles. The minimum Gasteiger partial charge on any atom is -0.124 e. The van der Waals surface area contributed by atoms with Crippen LogP contribution in [0.4, 0.5) is 0 Å². The molecule has 0 unspecified atom stereocenters. The SMILES string of the molecule is BrB(Br)I.BrB(Br)I.[Li]. The van der Waals surface area contributed by atoms with Crippen molar-refractivity contribution >= 4 is 131 Å². The average molecular weight is 602 g/mol. The molecule has 0 aromatic carbocycles. The normalized spacial score (nSPS) is 6.00. The van der Waals surface area contributed by atoms with Crippen molar-refractivity contribution < 1.29 is 0 Å². The molecule has 0 fully saturated rings. The largest absolute Gasteiger partial charge is 0.364 e. The standard InChI is InChI=1S/2BBr2I.Li/c2*2-1(3)4;. The Kier molecular flexibility index (Phi) is 30.6. The first-order valence-electron chi connectivity index (χ1n) is 1.31. The van der Waals surface area contributed by atoms with Gasteiger partial charge in [-0.05, 0) is 0 Å². The molecule has 0 spiro atoms. The number of hydrogen-bond donors (Lipinski definition) is 0. The van der Waals surface area contributed by atoms with Crippen molar-refractivity contribution in [1.29, 1.82) is 0 Å². The fourth-order valence-corrected chi connectivity index (χ4v) is 0. The topological polar surface area (TPSA) is 0 Å². The Hall–Kier alpha value is 4.11. The van der Waals surface area contributed by atoms with Gasteiger partial charge in [-0.3, -0.25) is 0 Å². The van der Waals surface area contributed by atoms with Gasteiger partial charge in [0, 0.05) is 18.9 Å². The summed E-state index contributed by atoms with van der Waals surface area (Å²) in [7, 11) is 0. The summed E-state index contributed by atoms with van der Waals surface area (Å²) in [5.74, 6) is 0. The van der Waals surface area contributed by atoms with Crippen LogP contribution < -0.4 is 0 Å². The Morgan fingerprint density at radius 1 is 0.778 bits per heavy atom. The summed E-state index contributed by atoms with van der Waals surface area (Å²) in [6, 6.07) is 0. The van der Waals surface area contributed by atoms with Crippen LogP contribution >= 0.6 is 108 Å². The van der Waals surface area contributed by atoms with Crippen molar-refractivity contribution in [2.45, 2.75) is 0 Å². The van der Waals surface area contributed by atoms with Gasteiger partial charge in [0.1, 0.15) is 0 Å². The molecular formula is B2Br4I2Li. The zero-order chi connectivity index (χ0) is 7.15. The van der Waals surface area contributed by atoms with E-state index in [1.807, 2.05) is 0 Å². The Morgan fingerprint density at radius 2 is 0.778 bits per heavy atom. The van der Waals surface area contributed by atoms with E-state index in [1.165, 1.54) is 0 Å². The summed E-state index contributed by atoms with van der Waals surface area (Å²) >= 11 is 17.0. The van der Waals surface area contributed by atoms with Crippen LogP contribution in [0.3, 0.4) is 0 Å². The monoisotopic (exact) mass is 599 g/mol. The summed E-state index contributed by atoms with van der Waals surface area (Å²) < 4.78 is 0.857. The Morgan fingerprint density at radius 3 is 0.778 bits per heavy atom. The van der Waals surface area contributed by atoms with Crippen LogP contribution in [0.1, 0.15) is 0 Å². The van der Waals surface area contributed by atoms with E-state index in [9.17, 15) is 0 Å². The van der Waals surface area contributed by atoms with E-state index in [0.29, 0.717) is 4.43 Å². The van der Waals surface area contributed by atoms with Crippen LogP contribution in [0.5, 0.6) is 0 Å². The molecular weight excluding hydrogens is 602 g/mol. The van der Waals surface area contributed by atoms with Gasteiger partial charge in [-0.15, -0.1) is 108 Å². The van der Waals surface area contributed by atoms with Crippen LogP contribution in [-0.4, -0.2) is 23.3 Å². The van der Waals surface area contributed by atoms with Gasteiger partial charge < -0.3 is 0 Å². The molecule has 0 nitrogen and oxygen atoms in total. The predicted octanol–water partition coefficient (Wildman–Crippen LogP) is 4.01. The molecule has 0 aliphatic heterocycles. The van der Waals surface area contributed by atoms with Crippen molar-refractivity contribution in [2.24, 2.45) is 0 Å². The van der Waals surface area contributed by atoms with Gasteiger partial charge in [-0.1, -0.05) is 0 Å². The van der Waals surface area contributed by atoms with Crippen molar-refractivity contribution in [3.63, 3.8) is 0 Å². The molecule has 0 N–H and O–H groups in total. The summed E-state index contributed by atoms with van der Waals surface area (Å²) in [6.45, 7) is 0. The van der Waals surface area contributed by atoms with Crippen molar-refractivity contribution in [1.82, 2.24) is 0 Å². The van der Waals surface area contributed by atoms with Gasteiger partial charge >= 0.3 is 4.43 Å². The number of rotatable bonds is 0. The Bertz CT molecular complexity index is 32.0. The molecule has 0 saturated heterocycles. The molecule has 0 aromatic rings. The second-order valence-corrected chi connectivity index (χ2v) is 16.0. The van der Waals surface area contributed by atoms with Crippen molar-refractivity contribution in [2.75, 3.05) is 0 Å². The van der Waals surface area contributed by atoms with Gasteiger partial charge in [-0.2, -0.15) is 0 Å². The van der Waals surface area contributed by atoms with E-state index in [2.05, 4.69) is 108 Å². The maximum absolute atomic E-state index is 3.17. The summed E-state index contributed by atoms with van der Waals surface area (Å²) in [4.78, 5) is 0. The van der Waals surface area contributed by atoms with E-state index in [4.69, 9.17) is 0 Å². The maximum Gasteiger partial charge on any atom is 0.364 e. The minimum absolute atomic E-state index is 0. The first-order valence-corrected chi connectivity index (χ1v) is 7.46. The molecule has 0 heterocycles. The Balaban J connectivity index is -0.0000000720. The van der Waals surface area contributed by atoms with Crippen LogP contribution in [0.15, 0.2) is 0 Å². The zero-order valence-electron chi connectivity index (χ0n) is 4.42. The van der Waals surface area contributed by atoms with Gasteiger partial charge in [0.25, 0.3) is 0 Å². The second kappa shape index (κ2) is 14.6. The van der Waals surface area contributed by atoms with E-state index < -0.39 is 0 Å². The molecule has 0 aliphatic rings. The average Bonchev–Trinajstić information content (AvgIpc) is 1.25. The van der Waals surface area contributed by atoms with Crippen LogP contribution in [0.2, 0.25) is 0 Å². The zero-order valence-corrected chi connectivity index (χ0v) is 15.1. The summed E-state index contributed by atoms with van der Waals surface area (Å²) in [5.41, 5.74) is 0. The summed E-state index contributed by atoms with van der Waals surface area (Å²) in [6.07, 6.45) is 0. The van der Waals surface area contributed by atoms with Crippen LogP contribution in [0, 0.1) is 0 Å². The third-order valence-electron chi connectivity index (χ3n) is 0. The fraction of sp³-hybridized carbons (Fsp3) is 0. The third-order valence-corrected chi connectivity index (χ3v) is 0. The molecule has 0 bridgehead atoms. The molecule has 1 radical (unpaired) electrons. The third kappa shape index (κ3) is 73.3. The second-order valence-electron chi connectivity index (χ2n) is 0.495. The van der Waals surface area contributed by atoms with E-state index in [-0.39, 0.29) is 18.9 Å². The quantitative estimate of drug-likeness (QED) is 0.291. The van der Waals surface area contributed by atoms with Gasteiger partial charge in [0.15, 0.2) is 0 Å². The molecule has 0 rings (SSSR count). The first kappa shape index (κ1) is 18.8. The van der Waals surface area contributed by atoms with Crippen molar-refractivity contribution in [3.05, 3.63) is 0 Å². The summed E-state index contributed by atoms with van der Waals surface area (Å²) in [5, 5.41) is 0. The molecule has 0 atom stereocenters. The first-order chi connectivity index (χ1) is 3.46. The van der Waals surface area contributed by atoms with Crippen molar-refractivity contribution in [3.8, 4) is 0 Å². The van der Waals surface area contributed by atoms with E-state index >= 15 is 0 Å². The van der Waals surface area contributed by atoms with Gasteiger partial charge in [0.05, 0.1) is 0 Å². The van der Waals surface area contributed by atoms with Crippen LogP contribution in [-0.2, 0) is 0 Å².